The molecule has 0 spiro atoms. The average molecular weight is 353 g/mol. The maximum Gasteiger partial charge on any atom is 0.319 e. The van der Waals surface area contributed by atoms with Crippen molar-refractivity contribution in [2.24, 2.45) is 0 Å². The second-order valence-electron chi connectivity index (χ2n) is 5.02. The van der Waals surface area contributed by atoms with Crippen LogP contribution in [0.3, 0.4) is 0 Å². The molecule has 0 aromatic heterocycles. The van der Waals surface area contributed by atoms with E-state index in [9.17, 15) is 4.79 Å². The van der Waals surface area contributed by atoms with Gasteiger partial charge in [0.25, 0.3) is 0 Å². The minimum absolute atomic E-state index is 0.329. The highest BCUT2D eigenvalue weighted by Crippen LogP contribution is 2.25. The molecular weight excluding hydrogens is 335 g/mol. The van der Waals surface area contributed by atoms with Gasteiger partial charge in [0, 0.05) is 11.6 Å². The molecule has 0 atom stereocenters. The smallest absolute Gasteiger partial charge is 0.319 e. The van der Waals surface area contributed by atoms with Crippen LogP contribution < -0.4 is 15.4 Å². The number of aryl methyl sites for hydroxylation is 1. The van der Waals surface area contributed by atoms with Gasteiger partial charge >= 0.3 is 6.03 Å². The maximum atomic E-state index is 11.8. The molecular formula is C17H18Cl2N2O2. The summed E-state index contributed by atoms with van der Waals surface area (Å²) < 4.78 is 5.59. The summed E-state index contributed by atoms with van der Waals surface area (Å²) in [5.74, 6) is 0.825. The number of hydrogen-bond donors (Lipinski definition) is 2. The molecule has 0 fully saturated rings. The van der Waals surface area contributed by atoms with E-state index >= 15 is 0 Å². The summed E-state index contributed by atoms with van der Waals surface area (Å²) in [6, 6.07) is 12.4. The number of rotatable bonds is 6. The Bertz CT molecular complexity index is 660. The molecule has 0 aliphatic carbocycles. The number of ether oxygens (including phenoxy) is 1. The summed E-state index contributed by atoms with van der Waals surface area (Å²) in [5.41, 5.74) is 1.67. The van der Waals surface area contributed by atoms with E-state index in [0.29, 0.717) is 35.3 Å². The second kappa shape index (κ2) is 8.65. The van der Waals surface area contributed by atoms with E-state index in [0.717, 1.165) is 5.75 Å². The van der Waals surface area contributed by atoms with Crippen LogP contribution in [0.25, 0.3) is 0 Å². The van der Waals surface area contributed by atoms with Gasteiger partial charge in [-0.2, -0.15) is 0 Å². The van der Waals surface area contributed by atoms with E-state index in [1.165, 1.54) is 5.56 Å². The zero-order valence-electron chi connectivity index (χ0n) is 12.7. The number of amides is 2. The zero-order chi connectivity index (χ0) is 16.7. The van der Waals surface area contributed by atoms with Gasteiger partial charge in [-0.3, -0.25) is 0 Å². The molecule has 0 aliphatic heterocycles. The van der Waals surface area contributed by atoms with Gasteiger partial charge in [-0.05, 0) is 43.7 Å². The van der Waals surface area contributed by atoms with Crippen LogP contribution in [0.2, 0.25) is 10.0 Å². The van der Waals surface area contributed by atoms with Gasteiger partial charge in [0.1, 0.15) is 5.75 Å². The molecule has 122 valence electrons. The van der Waals surface area contributed by atoms with Crippen molar-refractivity contribution in [3.63, 3.8) is 0 Å². The van der Waals surface area contributed by atoms with Crippen LogP contribution in [-0.2, 0) is 0 Å². The fraction of sp³-hybridized carbons (Fsp3) is 0.235. The summed E-state index contributed by atoms with van der Waals surface area (Å²) in [7, 11) is 0. The molecule has 4 nitrogen and oxygen atoms in total. The summed E-state index contributed by atoms with van der Waals surface area (Å²) in [5, 5.41) is 6.35. The number of nitrogens with one attached hydrogen (secondary N) is 2. The quantitative estimate of drug-likeness (QED) is 0.727. The number of halogens is 2. The first-order chi connectivity index (χ1) is 11.0. The fourth-order valence-electron chi connectivity index (χ4n) is 1.86. The highest BCUT2D eigenvalue weighted by atomic mass is 35.5. The third-order valence-corrected chi connectivity index (χ3v) is 3.64. The summed E-state index contributed by atoms with van der Waals surface area (Å²) in [4.78, 5) is 11.8. The number of benzene rings is 2. The molecule has 2 amide bonds. The summed E-state index contributed by atoms with van der Waals surface area (Å²) in [6.45, 7) is 3.05. The normalized spacial score (nSPS) is 10.2. The van der Waals surface area contributed by atoms with Crippen LogP contribution in [-0.4, -0.2) is 19.2 Å². The van der Waals surface area contributed by atoms with Crippen molar-refractivity contribution in [2.45, 2.75) is 13.3 Å². The molecule has 0 aliphatic rings. The van der Waals surface area contributed by atoms with Crippen molar-refractivity contribution in [3.05, 3.63) is 58.1 Å². The number of hydrogen-bond acceptors (Lipinski definition) is 2. The Morgan fingerprint density at radius 2 is 1.87 bits per heavy atom. The number of carbonyl (C=O) groups excluding carboxylic acids is 1. The van der Waals surface area contributed by atoms with Gasteiger partial charge in [-0.15, -0.1) is 0 Å². The minimum atomic E-state index is -0.329. The molecule has 0 unspecified atom stereocenters. The third kappa shape index (κ3) is 6.00. The second-order valence-corrected chi connectivity index (χ2v) is 5.86. The van der Waals surface area contributed by atoms with Gasteiger partial charge < -0.3 is 15.4 Å². The van der Waals surface area contributed by atoms with Gasteiger partial charge in [0.15, 0.2) is 0 Å². The monoisotopic (exact) mass is 352 g/mol. The van der Waals surface area contributed by atoms with Crippen LogP contribution in [0, 0.1) is 6.92 Å². The highest BCUT2D eigenvalue weighted by molar-refractivity contribution is 6.35. The lowest BCUT2D eigenvalue weighted by molar-refractivity contribution is 0.250. The average Bonchev–Trinajstić information content (AvgIpc) is 2.52. The standard InChI is InChI=1S/C17H18Cl2N2O2/c1-12-3-6-14(7-4-12)23-10-2-9-20-17(22)21-16-11-13(18)5-8-15(16)19/h3-8,11H,2,9-10H2,1H3,(H2,20,21,22). The van der Waals surface area contributed by atoms with Crippen LogP contribution in [0.15, 0.2) is 42.5 Å². The lowest BCUT2D eigenvalue weighted by atomic mass is 10.2. The highest BCUT2D eigenvalue weighted by Gasteiger charge is 2.05. The Balaban J connectivity index is 1.67. The molecule has 2 N–H and O–H groups in total. The first-order valence-corrected chi connectivity index (χ1v) is 7.99. The van der Waals surface area contributed by atoms with E-state index in [-0.39, 0.29) is 6.03 Å². The van der Waals surface area contributed by atoms with Crippen molar-refractivity contribution in [1.29, 1.82) is 0 Å². The van der Waals surface area contributed by atoms with Crippen LogP contribution in [0.5, 0.6) is 5.75 Å². The zero-order valence-corrected chi connectivity index (χ0v) is 14.2. The van der Waals surface area contributed by atoms with Gasteiger partial charge in [-0.1, -0.05) is 40.9 Å². The minimum Gasteiger partial charge on any atom is -0.494 e. The predicted molar refractivity (Wildman–Crippen MR) is 94.8 cm³/mol. The molecule has 23 heavy (non-hydrogen) atoms. The van der Waals surface area contributed by atoms with Crippen molar-refractivity contribution in [2.75, 3.05) is 18.5 Å². The van der Waals surface area contributed by atoms with E-state index in [1.54, 1.807) is 18.2 Å². The fourth-order valence-corrected chi connectivity index (χ4v) is 2.20. The van der Waals surface area contributed by atoms with Crippen molar-refractivity contribution in [3.8, 4) is 5.75 Å². The number of anilines is 1. The largest absolute Gasteiger partial charge is 0.494 e. The summed E-state index contributed by atoms with van der Waals surface area (Å²) >= 11 is 11.8. The van der Waals surface area contributed by atoms with E-state index in [4.69, 9.17) is 27.9 Å². The first kappa shape index (κ1) is 17.4. The van der Waals surface area contributed by atoms with Crippen molar-refractivity contribution < 1.29 is 9.53 Å². The predicted octanol–water partition coefficient (Wildman–Crippen LogP) is 4.89. The molecule has 0 saturated heterocycles. The topological polar surface area (TPSA) is 50.4 Å². The van der Waals surface area contributed by atoms with E-state index < -0.39 is 0 Å². The van der Waals surface area contributed by atoms with Crippen LogP contribution in [0.1, 0.15) is 12.0 Å². The van der Waals surface area contributed by atoms with Gasteiger partial charge in [0.05, 0.1) is 17.3 Å². The Morgan fingerprint density at radius 1 is 1.13 bits per heavy atom. The van der Waals surface area contributed by atoms with Crippen molar-refractivity contribution >= 4 is 34.9 Å². The van der Waals surface area contributed by atoms with Crippen LogP contribution >= 0.6 is 23.2 Å². The van der Waals surface area contributed by atoms with E-state index in [1.807, 2.05) is 31.2 Å². The van der Waals surface area contributed by atoms with E-state index in [2.05, 4.69) is 10.6 Å². The Labute approximate surface area is 145 Å². The molecule has 2 rings (SSSR count). The molecule has 0 radical (unpaired) electrons. The van der Waals surface area contributed by atoms with Gasteiger partial charge in [0.2, 0.25) is 0 Å². The number of urea groups is 1. The third-order valence-electron chi connectivity index (χ3n) is 3.07. The first-order valence-electron chi connectivity index (χ1n) is 7.24. The molecule has 0 bridgehead atoms. The SMILES string of the molecule is Cc1ccc(OCCCNC(=O)Nc2cc(Cl)ccc2Cl)cc1. The van der Waals surface area contributed by atoms with Gasteiger partial charge in [-0.25, -0.2) is 4.79 Å². The molecule has 2 aromatic rings. The lowest BCUT2D eigenvalue weighted by Gasteiger charge is -2.10. The molecule has 2 aromatic carbocycles. The Kier molecular flexibility index (Phi) is 6.56. The summed E-state index contributed by atoms with van der Waals surface area (Å²) in [6.07, 6.45) is 0.699. The Morgan fingerprint density at radius 3 is 2.61 bits per heavy atom. The molecule has 0 saturated carbocycles. The van der Waals surface area contributed by atoms with Crippen LogP contribution in [0.4, 0.5) is 10.5 Å². The van der Waals surface area contributed by atoms with Crippen molar-refractivity contribution in [1.82, 2.24) is 5.32 Å². The number of carbonyl (C=O) groups is 1. The maximum absolute atomic E-state index is 11.8. The lowest BCUT2D eigenvalue weighted by Crippen LogP contribution is -2.30. The molecule has 6 heteroatoms. The Hall–Kier alpha value is -1.91. The molecule has 0 heterocycles.